The molecule has 4 aromatic rings. The van der Waals surface area contributed by atoms with E-state index in [1.54, 1.807) is 0 Å². The molecule has 38 heteroatoms. The van der Waals surface area contributed by atoms with Crippen LogP contribution in [0.2, 0.25) is 0 Å². The van der Waals surface area contributed by atoms with Crippen molar-refractivity contribution < 1.29 is 158 Å². The van der Waals surface area contributed by atoms with Crippen molar-refractivity contribution in [2.75, 3.05) is 5.90 Å². The van der Waals surface area contributed by atoms with Crippen LogP contribution >= 0.6 is 15.8 Å². The van der Waals surface area contributed by atoms with Crippen LogP contribution < -0.4 is 21.2 Å². The molecule has 0 spiro atoms. The highest BCUT2D eigenvalue weighted by molar-refractivity contribution is 7.88. The Labute approximate surface area is 390 Å². The Kier molecular flexibility index (Phi) is 15.9. The lowest BCUT2D eigenvalue weighted by Crippen LogP contribution is -2.37. The van der Waals surface area contributed by atoms with Gasteiger partial charge in [-0.1, -0.05) is 24.3 Å². The normalized spacial score (nSPS) is 14.7. The van der Waals surface area contributed by atoms with Gasteiger partial charge in [0.2, 0.25) is 0 Å². The van der Waals surface area contributed by atoms with Gasteiger partial charge in [0.05, 0.1) is 66.8 Å². The lowest BCUT2D eigenvalue weighted by molar-refractivity contribution is -0.174. The van der Waals surface area contributed by atoms with Gasteiger partial charge in [-0.2, -0.15) is 158 Å². The summed E-state index contributed by atoms with van der Waals surface area (Å²) in [7, 11) is -11.9. The molecule has 0 heterocycles. The van der Waals surface area contributed by atoms with Crippen molar-refractivity contribution in [2.24, 2.45) is 0 Å². The monoisotopic (exact) mass is 1200 g/mol. The van der Waals surface area contributed by atoms with Gasteiger partial charge in [-0.3, -0.25) is 0 Å². The zero-order chi connectivity index (χ0) is 58.8. The Morgan fingerprint density at radius 1 is 0.187 bits per heavy atom. The van der Waals surface area contributed by atoms with Crippen molar-refractivity contribution in [3.8, 4) is 0 Å². The smallest absolute Gasteiger partial charge is 0.166 e. The average Bonchev–Trinajstić information content (AvgIpc) is 3.15. The molecule has 0 aromatic heterocycles. The first-order valence-electron chi connectivity index (χ1n) is 18.0. The molecule has 0 nitrogen and oxygen atoms in total. The molecule has 0 amide bonds. The number of rotatable bonds is 6. The summed E-state index contributed by atoms with van der Waals surface area (Å²) in [5, 5.41) is -13.1. The highest BCUT2D eigenvalue weighted by atomic mass is 31.2. The van der Waals surface area contributed by atoms with Gasteiger partial charge in [-0.15, -0.1) is 0 Å². The van der Waals surface area contributed by atoms with Gasteiger partial charge in [0.15, 0.2) is 0 Å². The Morgan fingerprint density at radius 3 is 0.427 bits per heavy atom. The molecule has 75 heavy (non-hydrogen) atoms. The topological polar surface area (TPSA) is 0 Å². The van der Waals surface area contributed by atoms with E-state index >= 15 is 52.7 Å². The van der Waals surface area contributed by atoms with Gasteiger partial charge < -0.3 is 0 Å². The standard InChI is InChI=1S/C37H10F36P2/c38-26(39,40)10-1-5-14(22(34(62,63)64)18(10)30(50,51)52)74(15-6-2-11(27(41,42)43)19(31(53,54)55)23(15)35(65,66)67)9-75(16-7-3-12(28(44,45)46)20(32(56,57)58)24(16)36(68,69)70)17-8-4-13(29(47,48)49)21(33(59,60)61)25(17)37(71,72)73/h1-8H,9H2. The van der Waals surface area contributed by atoms with E-state index in [2.05, 4.69) is 0 Å². The molecule has 0 saturated carbocycles. The third-order valence-corrected chi connectivity index (χ3v) is 15.7. The minimum Gasteiger partial charge on any atom is -0.166 e. The molecule has 0 fully saturated rings. The molecule has 0 aliphatic rings. The molecule has 0 atom stereocenters. The predicted molar refractivity (Wildman–Crippen MR) is 183 cm³/mol. The predicted octanol–water partition coefficient (Wildman–Crippen LogP) is 17.4. The molecule has 0 aliphatic carbocycles. The van der Waals surface area contributed by atoms with E-state index in [0.717, 1.165) is 0 Å². The van der Waals surface area contributed by atoms with E-state index in [9.17, 15) is 105 Å². The van der Waals surface area contributed by atoms with Crippen LogP contribution in [0, 0.1) is 0 Å². The lowest BCUT2D eigenvalue weighted by Gasteiger charge is -2.35. The number of halogens is 36. The van der Waals surface area contributed by atoms with E-state index in [-0.39, 0.29) is 0 Å². The maximum Gasteiger partial charge on any atom is 0.417 e. The maximum atomic E-state index is 15.0. The SMILES string of the molecule is FC(F)(F)c1ccc(P(CP(c2ccc(C(F)(F)F)c(C(F)(F)F)c2C(F)(F)F)c2ccc(C(F)(F)F)c(C(F)(F)F)c2C(F)(F)F)c2ccc(C(F)(F)F)c(C(F)(F)F)c2C(F)(F)F)c(C(F)(F)F)c1C(F)(F)F. The molecule has 4 rings (SSSR count). The second-order valence-corrected chi connectivity index (χ2v) is 19.3. The fourth-order valence-corrected chi connectivity index (χ4v) is 14.4. The molecule has 0 aliphatic heterocycles. The zero-order valence-electron chi connectivity index (χ0n) is 33.8. The van der Waals surface area contributed by atoms with Crippen molar-refractivity contribution >= 4 is 37.1 Å². The molecule has 0 N–H and O–H groups in total. The van der Waals surface area contributed by atoms with Gasteiger partial charge in [0, 0.05) is 5.90 Å². The first-order chi connectivity index (χ1) is 32.9. The van der Waals surface area contributed by atoms with Gasteiger partial charge in [-0.05, 0) is 61.3 Å². The van der Waals surface area contributed by atoms with Crippen molar-refractivity contribution in [3.05, 3.63) is 115 Å². The second-order valence-electron chi connectivity index (χ2n) is 14.5. The Balaban J connectivity index is 2.68. The van der Waals surface area contributed by atoms with Crippen LogP contribution in [0.1, 0.15) is 66.8 Å². The quantitative estimate of drug-likeness (QED) is 0.133. The zero-order valence-corrected chi connectivity index (χ0v) is 35.6. The van der Waals surface area contributed by atoms with Gasteiger partial charge in [0.1, 0.15) is 0 Å². The second kappa shape index (κ2) is 19.0. The first-order valence-corrected chi connectivity index (χ1v) is 21.0. The highest BCUT2D eigenvalue weighted by Crippen LogP contribution is 2.61. The van der Waals surface area contributed by atoms with E-state index < -0.39 is 232 Å². The van der Waals surface area contributed by atoms with Gasteiger partial charge >= 0.3 is 74.1 Å². The van der Waals surface area contributed by atoms with Crippen LogP contribution in [-0.4, -0.2) is 5.90 Å². The van der Waals surface area contributed by atoms with Crippen molar-refractivity contribution in [1.29, 1.82) is 0 Å². The number of benzene rings is 4. The minimum absolute atomic E-state index is 1.23. The summed E-state index contributed by atoms with van der Waals surface area (Å²) in [5.74, 6) is -3.54. The van der Waals surface area contributed by atoms with Crippen molar-refractivity contribution in [1.82, 2.24) is 0 Å². The van der Waals surface area contributed by atoms with E-state index in [1.807, 2.05) is 0 Å². The lowest BCUT2D eigenvalue weighted by atomic mass is 9.99. The number of hydrogen-bond acceptors (Lipinski definition) is 0. The van der Waals surface area contributed by atoms with E-state index in [0.29, 0.717) is 0 Å². The minimum atomic E-state index is -7.44. The van der Waals surface area contributed by atoms with Crippen molar-refractivity contribution in [2.45, 2.75) is 74.1 Å². The first kappa shape index (κ1) is 62.8. The van der Waals surface area contributed by atoms with Crippen LogP contribution in [0.5, 0.6) is 0 Å². The average molecular weight is 1200 g/mol. The van der Waals surface area contributed by atoms with Crippen molar-refractivity contribution in [3.63, 3.8) is 0 Å². The summed E-state index contributed by atoms with van der Waals surface area (Å²) in [6.45, 7) is 0. The molecule has 0 bridgehead atoms. The van der Waals surface area contributed by atoms with Crippen LogP contribution in [0.25, 0.3) is 0 Å². The Morgan fingerprint density at radius 2 is 0.320 bits per heavy atom. The summed E-state index contributed by atoms with van der Waals surface area (Å²) in [6, 6.07) is -10.3. The molecule has 420 valence electrons. The number of hydrogen-bond donors (Lipinski definition) is 0. The molecular formula is C37H10F36P2. The number of alkyl halides is 36. The van der Waals surface area contributed by atoms with Gasteiger partial charge in [-0.25, -0.2) is 0 Å². The van der Waals surface area contributed by atoms with Crippen LogP contribution in [0.4, 0.5) is 158 Å². The van der Waals surface area contributed by atoms with Gasteiger partial charge in [0.25, 0.3) is 0 Å². The fraction of sp³-hybridized carbons (Fsp3) is 0.351. The summed E-state index contributed by atoms with van der Waals surface area (Å²) in [4.78, 5) is 0. The highest BCUT2D eigenvalue weighted by Gasteiger charge is 2.59. The third kappa shape index (κ3) is 13.0. The molecule has 4 aromatic carbocycles. The van der Waals surface area contributed by atoms with E-state index in [4.69, 9.17) is 0 Å². The maximum absolute atomic E-state index is 15.0. The fourth-order valence-electron chi connectivity index (χ4n) is 7.24. The largest absolute Gasteiger partial charge is 0.417 e. The van der Waals surface area contributed by atoms with Crippen LogP contribution in [-0.2, 0) is 74.1 Å². The Bertz CT molecular complexity index is 2390. The molecule has 0 saturated heterocycles. The van der Waals surface area contributed by atoms with Crippen LogP contribution in [0.15, 0.2) is 48.5 Å². The summed E-state index contributed by atoms with van der Waals surface area (Å²) < 4.78 is 523. The van der Waals surface area contributed by atoms with Crippen LogP contribution in [0.3, 0.4) is 0 Å². The molecule has 0 radical (unpaired) electrons. The summed E-state index contributed by atoms with van der Waals surface area (Å²) in [6.07, 6.45) is -86.5. The Hall–Kier alpha value is -4.78. The third-order valence-electron chi connectivity index (χ3n) is 9.67. The molecule has 0 unspecified atom stereocenters. The molecular weight excluding hydrogens is 1190 g/mol. The van der Waals surface area contributed by atoms with E-state index in [1.165, 1.54) is 0 Å². The summed E-state index contributed by atoms with van der Waals surface area (Å²) in [5.41, 5.74) is -48.8. The summed E-state index contributed by atoms with van der Waals surface area (Å²) >= 11 is 0.